The SMILES string of the molecule is CC(C)(C)C1CCc2c(sc3ncnc(Nc4ccc(S(=O)(=O)Nc5ncccn5)cc4)c23)C1. The maximum absolute atomic E-state index is 12.6. The van der Waals surface area contributed by atoms with E-state index in [2.05, 4.69) is 50.7 Å². The Balaban J connectivity index is 1.39. The summed E-state index contributed by atoms with van der Waals surface area (Å²) in [4.78, 5) is 19.4. The smallest absolute Gasteiger partial charge is 0.264 e. The van der Waals surface area contributed by atoms with E-state index in [1.807, 2.05) is 0 Å². The van der Waals surface area contributed by atoms with E-state index in [0.717, 1.165) is 41.0 Å². The highest BCUT2D eigenvalue weighted by Crippen LogP contribution is 2.44. The molecule has 5 rings (SSSR count). The van der Waals surface area contributed by atoms with Crippen molar-refractivity contribution < 1.29 is 8.42 Å². The van der Waals surface area contributed by atoms with Gasteiger partial charge in [0.1, 0.15) is 17.0 Å². The number of nitrogens with one attached hydrogen (secondary N) is 2. The molecule has 0 saturated heterocycles. The van der Waals surface area contributed by atoms with Crippen LogP contribution in [0.1, 0.15) is 37.6 Å². The largest absolute Gasteiger partial charge is 0.340 e. The fraction of sp³-hybridized carbons (Fsp3) is 0.333. The van der Waals surface area contributed by atoms with Crippen molar-refractivity contribution in [1.82, 2.24) is 19.9 Å². The van der Waals surface area contributed by atoms with E-state index >= 15 is 0 Å². The third-order valence-corrected chi connectivity index (χ3v) is 8.80. The van der Waals surface area contributed by atoms with Crippen LogP contribution < -0.4 is 10.0 Å². The number of benzene rings is 1. The molecule has 0 bridgehead atoms. The zero-order valence-corrected chi connectivity index (χ0v) is 20.9. The molecule has 1 aliphatic carbocycles. The summed E-state index contributed by atoms with van der Waals surface area (Å²) in [6, 6.07) is 8.16. The lowest BCUT2D eigenvalue weighted by atomic mass is 9.72. The van der Waals surface area contributed by atoms with Crippen molar-refractivity contribution in [1.29, 1.82) is 0 Å². The Morgan fingerprint density at radius 1 is 1.03 bits per heavy atom. The van der Waals surface area contributed by atoms with Crippen LogP contribution in [0.15, 0.2) is 53.9 Å². The van der Waals surface area contributed by atoms with Gasteiger partial charge in [0.05, 0.1) is 10.3 Å². The molecule has 10 heteroatoms. The highest BCUT2D eigenvalue weighted by Gasteiger charge is 2.31. The Labute approximate surface area is 203 Å². The van der Waals surface area contributed by atoms with Gasteiger partial charge in [0.25, 0.3) is 10.0 Å². The lowest BCUT2D eigenvalue weighted by Crippen LogP contribution is -2.26. The predicted molar refractivity (Wildman–Crippen MR) is 135 cm³/mol. The standard InChI is InChI=1S/C24H26N6O2S2/c1-24(2,3)15-5-10-18-19(13-15)33-22-20(18)21(27-14-28-22)29-16-6-8-17(9-7-16)34(31,32)30-23-25-11-4-12-26-23/h4,6-9,11-12,14-15H,5,10,13H2,1-3H3,(H,25,26,30)(H,27,28,29). The molecule has 3 heterocycles. The van der Waals surface area contributed by atoms with Crippen molar-refractivity contribution in [2.45, 2.75) is 44.9 Å². The first-order valence-corrected chi connectivity index (χ1v) is 13.4. The maximum atomic E-state index is 12.6. The molecule has 0 fully saturated rings. The van der Waals surface area contributed by atoms with Gasteiger partial charge in [-0.2, -0.15) is 0 Å². The monoisotopic (exact) mass is 494 g/mol. The number of aromatic nitrogens is 4. The minimum atomic E-state index is -3.78. The topological polar surface area (TPSA) is 110 Å². The Kier molecular flexibility index (Phi) is 5.73. The Morgan fingerprint density at radius 3 is 2.47 bits per heavy atom. The van der Waals surface area contributed by atoms with E-state index in [4.69, 9.17) is 0 Å². The Bertz CT molecular complexity index is 1430. The summed E-state index contributed by atoms with van der Waals surface area (Å²) < 4.78 is 27.7. The van der Waals surface area contributed by atoms with Crippen molar-refractivity contribution in [2.75, 3.05) is 10.0 Å². The van der Waals surface area contributed by atoms with Crippen molar-refractivity contribution in [3.63, 3.8) is 0 Å². The molecule has 0 radical (unpaired) electrons. The van der Waals surface area contributed by atoms with Crippen LogP contribution in [0, 0.1) is 11.3 Å². The quantitative estimate of drug-likeness (QED) is 0.393. The van der Waals surface area contributed by atoms with Gasteiger partial charge in [-0.3, -0.25) is 0 Å². The van der Waals surface area contributed by atoms with E-state index in [1.165, 1.54) is 22.8 Å². The van der Waals surface area contributed by atoms with Crippen LogP contribution in [-0.4, -0.2) is 28.4 Å². The van der Waals surface area contributed by atoms with Gasteiger partial charge in [0, 0.05) is 23.0 Å². The van der Waals surface area contributed by atoms with E-state index < -0.39 is 10.0 Å². The molecule has 2 N–H and O–H groups in total. The Morgan fingerprint density at radius 2 is 1.76 bits per heavy atom. The first kappa shape index (κ1) is 22.7. The summed E-state index contributed by atoms with van der Waals surface area (Å²) in [5.74, 6) is 1.44. The number of nitrogens with zero attached hydrogens (tertiary/aromatic N) is 4. The summed E-state index contributed by atoms with van der Waals surface area (Å²) in [6.45, 7) is 6.94. The number of anilines is 3. The predicted octanol–water partition coefficient (Wildman–Crippen LogP) is 5.18. The van der Waals surface area contributed by atoms with Gasteiger partial charge in [-0.05, 0) is 66.5 Å². The van der Waals surface area contributed by atoms with Crippen molar-refractivity contribution in [3.05, 3.63) is 59.5 Å². The fourth-order valence-corrected chi connectivity index (χ4v) is 6.55. The van der Waals surface area contributed by atoms with E-state index in [0.29, 0.717) is 5.92 Å². The number of rotatable bonds is 5. The molecular formula is C24H26N6O2S2. The van der Waals surface area contributed by atoms with Crippen LogP contribution >= 0.6 is 11.3 Å². The lowest BCUT2D eigenvalue weighted by molar-refractivity contribution is 0.218. The molecule has 1 aromatic carbocycles. The van der Waals surface area contributed by atoms with Crippen LogP contribution in [0.4, 0.5) is 17.5 Å². The average Bonchev–Trinajstić information content (AvgIpc) is 3.18. The molecule has 0 amide bonds. The van der Waals surface area contributed by atoms with Crippen molar-refractivity contribution in [3.8, 4) is 0 Å². The molecule has 8 nitrogen and oxygen atoms in total. The number of hydrogen-bond acceptors (Lipinski definition) is 8. The number of aryl methyl sites for hydroxylation is 1. The second-order valence-electron chi connectivity index (χ2n) is 9.54. The zero-order chi connectivity index (χ0) is 23.9. The van der Waals surface area contributed by atoms with E-state index in [1.54, 1.807) is 48.0 Å². The minimum Gasteiger partial charge on any atom is -0.340 e. The highest BCUT2D eigenvalue weighted by atomic mass is 32.2. The average molecular weight is 495 g/mol. The summed E-state index contributed by atoms with van der Waals surface area (Å²) in [6.07, 6.45) is 7.78. The van der Waals surface area contributed by atoms with Gasteiger partial charge < -0.3 is 5.32 Å². The molecule has 1 atom stereocenters. The Hall–Kier alpha value is -3.11. The summed E-state index contributed by atoms with van der Waals surface area (Å²) in [7, 11) is -3.78. The van der Waals surface area contributed by atoms with E-state index in [-0.39, 0.29) is 16.3 Å². The molecule has 1 unspecified atom stereocenters. The molecule has 176 valence electrons. The van der Waals surface area contributed by atoms with Gasteiger partial charge in [0.2, 0.25) is 5.95 Å². The van der Waals surface area contributed by atoms with Crippen LogP contribution in [0.3, 0.4) is 0 Å². The number of fused-ring (bicyclic) bond motifs is 3. The normalized spacial score (nSPS) is 16.3. The summed E-state index contributed by atoms with van der Waals surface area (Å²) in [5.41, 5.74) is 2.37. The van der Waals surface area contributed by atoms with Crippen molar-refractivity contribution in [2.24, 2.45) is 11.3 Å². The summed E-state index contributed by atoms with van der Waals surface area (Å²) in [5, 5.41) is 4.45. The van der Waals surface area contributed by atoms with Crippen LogP contribution in [-0.2, 0) is 22.9 Å². The first-order valence-electron chi connectivity index (χ1n) is 11.1. The first-order chi connectivity index (χ1) is 16.2. The highest BCUT2D eigenvalue weighted by molar-refractivity contribution is 7.92. The maximum Gasteiger partial charge on any atom is 0.264 e. The van der Waals surface area contributed by atoms with Gasteiger partial charge >= 0.3 is 0 Å². The molecule has 3 aromatic heterocycles. The molecule has 34 heavy (non-hydrogen) atoms. The molecule has 1 aliphatic rings. The second kappa shape index (κ2) is 8.59. The minimum absolute atomic E-state index is 0.0315. The third kappa shape index (κ3) is 4.47. The van der Waals surface area contributed by atoms with Gasteiger partial charge in [-0.15, -0.1) is 11.3 Å². The molecule has 0 aliphatic heterocycles. The van der Waals surface area contributed by atoms with Crippen LogP contribution in [0.2, 0.25) is 0 Å². The van der Waals surface area contributed by atoms with Crippen LogP contribution in [0.5, 0.6) is 0 Å². The van der Waals surface area contributed by atoms with Gasteiger partial charge in [-0.25, -0.2) is 33.1 Å². The third-order valence-electron chi connectivity index (χ3n) is 6.29. The number of hydrogen-bond donors (Lipinski definition) is 2. The second-order valence-corrected chi connectivity index (χ2v) is 12.3. The zero-order valence-electron chi connectivity index (χ0n) is 19.2. The van der Waals surface area contributed by atoms with E-state index in [9.17, 15) is 8.42 Å². The van der Waals surface area contributed by atoms with Crippen molar-refractivity contribution >= 4 is 49.0 Å². The fourth-order valence-electron chi connectivity index (χ4n) is 4.33. The lowest BCUT2D eigenvalue weighted by Gasteiger charge is -2.33. The van der Waals surface area contributed by atoms with Crippen LogP contribution in [0.25, 0.3) is 10.2 Å². The molecule has 0 spiro atoms. The summed E-state index contributed by atoms with van der Waals surface area (Å²) >= 11 is 1.76. The molecule has 4 aromatic rings. The number of thiophene rings is 1. The van der Waals surface area contributed by atoms with Gasteiger partial charge in [-0.1, -0.05) is 20.8 Å². The number of sulfonamides is 1. The molecule has 0 saturated carbocycles. The van der Waals surface area contributed by atoms with Gasteiger partial charge in [0.15, 0.2) is 0 Å². The molecular weight excluding hydrogens is 468 g/mol.